The van der Waals surface area contributed by atoms with Crippen LogP contribution in [0.2, 0.25) is 0 Å². The average molecular weight is 298 g/mol. The molecule has 6 nitrogen and oxygen atoms in total. The third-order valence-electron chi connectivity index (χ3n) is 2.06. The number of aromatic nitrogens is 1. The maximum Gasteiger partial charge on any atom is 0.341 e. The number of nitrogens with zero attached hydrogens (tertiary/aromatic N) is 1. The molecule has 7 heteroatoms. The molecule has 20 heavy (non-hydrogen) atoms. The second-order valence-electron chi connectivity index (χ2n) is 4.95. The van der Waals surface area contributed by atoms with Gasteiger partial charge in [-0.25, -0.2) is 9.78 Å². The van der Waals surface area contributed by atoms with Crippen LogP contribution in [0.3, 0.4) is 0 Å². The molecule has 0 saturated heterocycles. The first kappa shape index (κ1) is 16.3. The summed E-state index contributed by atoms with van der Waals surface area (Å²) in [6, 6.07) is 3.13. The van der Waals surface area contributed by atoms with Gasteiger partial charge < -0.3 is 15.2 Å². The van der Waals surface area contributed by atoms with E-state index < -0.39 is 11.6 Å². The van der Waals surface area contributed by atoms with Gasteiger partial charge in [-0.1, -0.05) is 11.8 Å². The number of nitrogen functional groups attached to an aromatic ring is 1. The van der Waals surface area contributed by atoms with Gasteiger partial charge in [-0.05, 0) is 32.9 Å². The molecule has 0 bridgehead atoms. The molecule has 2 N–H and O–H groups in total. The van der Waals surface area contributed by atoms with Gasteiger partial charge in [0.05, 0.1) is 17.9 Å². The van der Waals surface area contributed by atoms with E-state index in [1.807, 2.05) is 0 Å². The van der Waals surface area contributed by atoms with Gasteiger partial charge in [0.15, 0.2) is 0 Å². The van der Waals surface area contributed by atoms with Gasteiger partial charge in [0.1, 0.15) is 17.0 Å². The van der Waals surface area contributed by atoms with Crippen LogP contribution in [0.25, 0.3) is 0 Å². The largest absolute Gasteiger partial charge is 0.465 e. The maximum absolute atomic E-state index is 11.6. The normalized spacial score (nSPS) is 11.0. The molecule has 0 radical (unpaired) electrons. The first-order valence-electron chi connectivity index (χ1n) is 5.92. The summed E-state index contributed by atoms with van der Waals surface area (Å²) in [4.78, 5) is 27.0. The SMILES string of the molecule is COC(=O)c1ccc(SCC(=O)OC(C)(C)C)nc1N. The number of carbonyl (C=O) groups is 2. The average Bonchev–Trinajstić information content (AvgIpc) is 2.33. The number of rotatable bonds is 4. The molecular formula is C13H18N2O4S. The van der Waals surface area contributed by atoms with Crippen LogP contribution in [0, 0.1) is 0 Å². The third kappa shape index (κ3) is 5.08. The van der Waals surface area contributed by atoms with E-state index in [1.54, 1.807) is 26.8 Å². The number of ether oxygens (including phenoxy) is 2. The van der Waals surface area contributed by atoms with Gasteiger partial charge in [-0.2, -0.15) is 0 Å². The lowest BCUT2D eigenvalue weighted by molar-refractivity contribution is -0.151. The predicted molar refractivity (Wildman–Crippen MR) is 76.6 cm³/mol. The number of hydrogen-bond acceptors (Lipinski definition) is 7. The van der Waals surface area contributed by atoms with Gasteiger partial charge >= 0.3 is 11.9 Å². The van der Waals surface area contributed by atoms with Crippen molar-refractivity contribution in [2.45, 2.75) is 31.4 Å². The predicted octanol–water partition coefficient (Wildman–Crippen LogP) is 1.88. The minimum absolute atomic E-state index is 0.0750. The summed E-state index contributed by atoms with van der Waals surface area (Å²) in [7, 11) is 1.27. The molecule has 0 aromatic carbocycles. The van der Waals surface area contributed by atoms with Gasteiger partial charge in [0.25, 0.3) is 0 Å². The molecule has 0 unspecified atom stereocenters. The molecule has 0 spiro atoms. The molecule has 0 fully saturated rings. The van der Waals surface area contributed by atoms with Crippen molar-refractivity contribution in [3.63, 3.8) is 0 Å². The van der Waals surface area contributed by atoms with Crippen LogP contribution in [-0.2, 0) is 14.3 Å². The lowest BCUT2D eigenvalue weighted by Crippen LogP contribution is -2.24. The van der Waals surface area contributed by atoms with Crippen molar-refractivity contribution < 1.29 is 19.1 Å². The van der Waals surface area contributed by atoms with Crippen LogP contribution >= 0.6 is 11.8 Å². The number of carbonyl (C=O) groups excluding carboxylic acids is 2. The van der Waals surface area contributed by atoms with Crippen molar-refractivity contribution in [3.05, 3.63) is 17.7 Å². The summed E-state index contributed by atoms with van der Waals surface area (Å²) in [6.07, 6.45) is 0. The first-order chi connectivity index (χ1) is 9.23. The molecule has 0 saturated carbocycles. The van der Waals surface area contributed by atoms with Crippen molar-refractivity contribution in [3.8, 4) is 0 Å². The smallest absolute Gasteiger partial charge is 0.341 e. The highest BCUT2D eigenvalue weighted by Crippen LogP contribution is 2.20. The quantitative estimate of drug-likeness (QED) is 0.670. The lowest BCUT2D eigenvalue weighted by atomic mass is 10.2. The van der Waals surface area contributed by atoms with E-state index in [-0.39, 0.29) is 23.1 Å². The fourth-order valence-electron chi connectivity index (χ4n) is 1.32. The van der Waals surface area contributed by atoms with Gasteiger partial charge in [0, 0.05) is 0 Å². The van der Waals surface area contributed by atoms with E-state index in [2.05, 4.69) is 9.72 Å². The molecular weight excluding hydrogens is 280 g/mol. The monoisotopic (exact) mass is 298 g/mol. The van der Waals surface area contributed by atoms with Gasteiger partial charge in [-0.15, -0.1) is 0 Å². The zero-order valence-corrected chi connectivity index (χ0v) is 12.7. The maximum atomic E-state index is 11.6. The van der Waals surface area contributed by atoms with Gasteiger partial charge in [-0.3, -0.25) is 4.79 Å². The van der Waals surface area contributed by atoms with Crippen molar-refractivity contribution in [1.82, 2.24) is 4.98 Å². The Bertz CT molecular complexity index is 512. The van der Waals surface area contributed by atoms with E-state index in [9.17, 15) is 9.59 Å². The number of esters is 2. The van der Waals surface area contributed by atoms with Crippen LogP contribution in [0.5, 0.6) is 0 Å². The number of thioether (sulfide) groups is 1. The van der Waals surface area contributed by atoms with E-state index >= 15 is 0 Å². The number of methoxy groups -OCH3 is 1. The Kier molecular flexibility index (Phi) is 5.38. The Hall–Kier alpha value is -1.76. The van der Waals surface area contributed by atoms with Crippen molar-refractivity contribution >= 4 is 29.5 Å². The van der Waals surface area contributed by atoms with Crippen LogP contribution < -0.4 is 5.73 Å². The zero-order valence-electron chi connectivity index (χ0n) is 11.9. The standard InChI is InChI=1S/C13H18N2O4S/c1-13(2,3)19-10(16)7-20-9-6-5-8(11(14)15-9)12(17)18-4/h5-6H,7H2,1-4H3,(H2,14,15). The minimum Gasteiger partial charge on any atom is -0.465 e. The van der Waals surface area contributed by atoms with E-state index in [1.165, 1.54) is 24.9 Å². The number of pyridine rings is 1. The molecule has 0 aliphatic heterocycles. The lowest BCUT2D eigenvalue weighted by Gasteiger charge is -2.19. The molecule has 1 rings (SSSR count). The van der Waals surface area contributed by atoms with E-state index in [4.69, 9.17) is 10.5 Å². The molecule has 0 amide bonds. The summed E-state index contributed by atoms with van der Waals surface area (Å²) in [6.45, 7) is 5.41. The Morgan fingerprint density at radius 2 is 2.00 bits per heavy atom. The highest BCUT2D eigenvalue weighted by Gasteiger charge is 2.17. The third-order valence-corrected chi connectivity index (χ3v) is 2.97. The van der Waals surface area contributed by atoms with E-state index in [0.717, 1.165) is 0 Å². The summed E-state index contributed by atoms with van der Waals surface area (Å²) >= 11 is 1.19. The summed E-state index contributed by atoms with van der Waals surface area (Å²) in [5.74, 6) is -0.675. The van der Waals surface area contributed by atoms with Crippen molar-refractivity contribution in [2.75, 3.05) is 18.6 Å². The van der Waals surface area contributed by atoms with E-state index in [0.29, 0.717) is 5.03 Å². The minimum atomic E-state index is -0.543. The first-order valence-corrected chi connectivity index (χ1v) is 6.91. The molecule has 0 aliphatic rings. The molecule has 110 valence electrons. The summed E-state index contributed by atoms with van der Waals surface area (Å²) in [5.41, 5.74) is 5.35. The number of anilines is 1. The molecule has 1 aromatic rings. The number of nitrogens with two attached hydrogens (primary N) is 1. The van der Waals surface area contributed by atoms with Crippen molar-refractivity contribution in [2.24, 2.45) is 0 Å². The zero-order chi connectivity index (χ0) is 15.3. The fourth-order valence-corrected chi connectivity index (χ4v) is 1.97. The molecule has 1 heterocycles. The summed E-state index contributed by atoms with van der Waals surface area (Å²) < 4.78 is 9.75. The summed E-state index contributed by atoms with van der Waals surface area (Å²) in [5, 5.41) is 0.543. The number of hydrogen-bond donors (Lipinski definition) is 1. The van der Waals surface area contributed by atoms with Gasteiger partial charge in [0.2, 0.25) is 0 Å². The van der Waals surface area contributed by atoms with Crippen LogP contribution in [0.15, 0.2) is 17.2 Å². The van der Waals surface area contributed by atoms with Crippen LogP contribution in [0.1, 0.15) is 31.1 Å². The molecule has 0 atom stereocenters. The fraction of sp³-hybridized carbons (Fsp3) is 0.462. The Morgan fingerprint density at radius 1 is 1.35 bits per heavy atom. The molecule has 1 aromatic heterocycles. The van der Waals surface area contributed by atoms with Crippen LogP contribution in [-0.4, -0.2) is 35.4 Å². The second kappa shape index (κ2) is 6.60. The topological polar surface area (TPSA) is 91.5 Å². The Morgan fingerprint density at radius 3 is 2.50 bits per heavy atom. The Labute approximate surface area is 122 Å². The van der Waals surface area contributed by atoms with Crippen LogP contribution in [0.4, 0.5) is 5.82 Å². The molecule has 0 aliphatic carbocycles. The van der Waals surface area contributed by atoms with Crippen molar-refractivity contribution in [1.29, 1.82) is 0 Å². The highest BCUT2D eigenvalue weighted by molar-refractivity contribution is 7.99. The second-order valence-corrected chi connectivity index (χ2v) is 5.94. The Balaban J connectivity index is 2.64. The highest BCUT2D eigenvalue weighted by atomic mass is 32.2.